The summed E-state index contributed by atoms with van der Waals surface area (Å²) in [6, 6.07) is 2.50. The van der Waals surface area contributed by atoms with Gasteiger partial charge < -0.3 is 0 Å². The van der Waals surface area contributed by atoms with Crippen LogP contribution in [-0.4, -0.2) is 18.0 Å². The van der Waals surface area contributed by atoms with E-state index in [9.17, 15) is 8.78 Å². The predicted molar refractivity (Wildman–Crippen MR) is 72.4 cm³/mol. The summed E-state index contributed by atoms with van der Waals surface area (Å²) in [4.78, 5) is 2.19. The van der Waals surface area contributed by atoms with Crippen LogP contribution in [0.4, 0.5) is 8.78 Å². The van der Waals surface area contributed by atoms with Crippen LogP contribution in [0.1, 0.15) is 32.3 Å². The highest BCUT2D eigenvalue weighted by atomic mass is 79.9. The van der Waals surface area contributed by atoms with Crippen molar-refractivity contribution in [2.45, 2.75) is 33.2 Å². The maximum Gasteiger partial charge on any atom is 0.137 e. The molecule has 0 radical (unpaired) electrons. The number of hydrogen-bond acceptors (Lipinski definition) is 1. The largest absolute Gasteiger partial charge is 0.299 e. The van der Waals surface area contributed by atoms with Crippen molar-refractivity contribution in [1.29, 1.82) is 0 Å². The second kappa shape index (κ2) is 5.25. The van der Waals surface area contributed by atoms with Crippen molar-refractivity contribution in [3.63, 3.8) is 0 Å². The number of halogens is 3. The third kappa shape index (κ3) is 3.29. The monoisotopic (exact) mass is 317 g/mol. The number of likely N-dealkylation sites (tertiary alicyclic amines) is 1. The standard InChI is InChI=1S/C14H18BrF2N/c1-14(2)3-5-18(6-4-14)9-10-7-13(17)11(15)8-12(10)16/h7-8H,3-6,9H2,1-2H3. The molecule has 0 unspecified atom stereocenters. The fourth-order valence-corrected chi connectivity index (χ4v) is 2.56. The second-order valence-electron chi connectivity index (χ2n) is 5.80. The fourth-order valence-electron chi connectivity index (χ4n) is 2.24. The summed E-state index contributed by atoms with van der Waals surface area (Å²) < 4.78 is 27.3. The Hall–Kier alpha value is -0.480. The topological polar surface area (TPSA) is 3.24 Å². The molecule has 2 rings (SSSR count). The van der Waals surface area contributed by atoms with E-state index in [1.807, 2.05) is 0 Å². The Bertz CT molecular complexity index is 436. The first-order valence-electron chi connectivity index (χ1n) is 6.23. The van der Waals surface area contributed by atoms with Gasteiger partial charge in [-0.25, -0.2) is 8.78 Å². The molecule has 0 bridgehead atoms. The molecule has 0 saturated carbocycles. The summed E-state index contributed by atoms with van der Waals surface area (Å²) in [7, 11) is 0. The van der Waals surface area contributed by atoms with Crippen molar-refractivity contribution in [2.75, 3.05) is 13.1 Å². The molecule has 1 aromatic carbocycles. The minimum atomic E-state index is -0.399. The minimum absolute atomic E-state index is 0.184. The lowest BCUT2D eigenvalue weighted by Crippen LogP contribution is -2.37. The minimum Gasteiger partial charge on any atom is -0.299 e. The van der Waals surface area contributed by atoms with Crippen molar-refractivity contribution in [1.82, 2.24) is 4.90 Å². The van der Waals surface area contributed by atoms with Crippen molar-refractivity contribution in [2.24, 2.45) is 5.41 Å². The highest BCUT2D eigenvalue weighted by Gasteiger charge is 2.25. The summed E-state index contributed by atoms with van der Waals surface area (Å²) >= 11 is 2.99. The van der Waals surface area contributed by atoms with Gasteiger partial charge >= 0.3 is 0 Å². The number of nitrogens with zero attached hydrogens (tertiary/aromatic N) is 1. The first kappa shape index (κ1) is 13.9. The van der Waals surface area contributed by atoms with Gasteiger partial charge in [-0.3, -0.25) is 4.90 Å². The summed E-state index contributed by atoms with van der Waals surface area (Å²) in [6.07, 6.45) is 2.21. The molecule has 0 amide bonds. The van der Waals surface area contributed by atoms with Gasteiger partial charge in [0.25, 0.3) is 0 Å². The van der Waals surface area contributed by atoms with Crippen LogP contribution in [0, 0.1) is 17.0 Å². The first-order valence-corrected chi connectivity index (χ1v) is 7.02. The molecule has 1 aliphatic heterocycles. The smallest absolute Gasteiger partial charge is 0.137 e. The van der Waals surface area contributed by atoms with Crippen LogP contribution in [0.5, 0.6) is 0 Å². The second-order valence-corrected chi connectivity index (χ2v) is 6.65. The Labute approximate surface area is 115 Å². The Kier molecular flexibility index (Phi) is 4.07. The van der Waals surface area contributed by atoms with Crippen LogP contribution in [0.2, 0.25) is 0 Å². The zero-order valence-corrected chi connectivity index (χ0v) is 12.4. The van der Waals surface area contributed by atoms with Crippen molar-refractivity contribution in [3.05, 3.63) is 33.8 Å². The van der Waals surface area contributed by atoms with Crippen LogP contribution in [0.25, 0.3) is 0 Å². The van der Waals surface area contributed by atoms with E-state index in [-0.39, 0.29) is 10.3 Å². The van der Waals surface area contributed by atoms with E-state index in [0.29, 0.717) is 17.5 Å². The van der Waals surface area contributed by atoms with Gasteiger partial charge in [0.15, 0.2) is 0 Å². The summed E-state index contributed by atoms with van der Waals surface area (Å²) in [6.45, 7) is 6.90. The third-order valence-electron chi connectivity index (χ3n) is 3.69. The number of piperidine rings is 1. The van der Waals surface area contributed by atoms with Gasteiger partial charge in [0.1, 0.15) is 11.6 Å². The van der Waals surface area contributed by atoms with Gasteiger partial charge in [-0.1, -0.05) is 13.8 Å². The average molecular weight is 318 g/mol. The maximum absolute atomic E-state index is 13.7. The number of rotatable bonds is 2. The number of benzene rings is 1. The van der Waals surface area contributed by atoms with Gasteiger partial charge in [0.2, 0.25) is 0 Å². The third-order valence-corrected chi connectivity index (χ3v) is 4.30. The Morgan fingerprint density at radius 2 is 1.78 bits per heavy atom. The van der Waals surface area contributed by atoms with Gasteiger partial charge in [0.05, 0.1) is 4.47 Å². The molecule has 100 valence electrons. The average Bonchev–Trinajstić information content (AvgIpc) is 2.28. The van der Waals surface area contributed by atoms with E-state index in [1.165, 1.54) is 12.1 Å². The molecule has 0 atom stereocenters. The Balaban J connectivity index is 2.04. The van der Waals surface area contributed by atoms with E-state index in [2.05, 4.69) is 34.7 Å². The van der Waals surface area contributed by atoms with Crippen molar-refractivity contribution in [3.8, 4) is 0 Å². The van der Waals surface area contributed by atoms with E-state index in [0.717, 1.165) is 25.9 Å². The normalized spacial score (nSPS) is 20.1. The Morgan fingerprint density at radius 1 is 1.17 bits per heavy atom. The molecule has 0 spiro atoms. The highest BCUT2D eigenvalue weighted by molar-refractivity contribution is 9.10. The molecule has 1 saturated heterocycles. The van der Waals surface area contributed by atoms with Crippen molar-refractivity contribution < 1.29 is 8.78 Å². The van der Waals surface area contributed by atoms with Gasteiger partial charge in [-0.05, 0) is 59.4 Å². The van der Waals surface area contributed by atoms with Crippen molar-refractivity contribution >= 4 is 15.9 Å². The molecule has 0 N–H and O–H groups in total. The summed E-state index contributed by atoms with van der Waals surface area (Å²) in [5.41, 5.74) is 0.815. The van der Waals surface area contributed by atoms with Crippen LogP contribution in [-0.2, 0) is 6.54 Å². The zero-order valence-electron chi connectivity index (χ0n) is 10.8. The maximum atomic E-state index is 13.7. The molecule has 0 aliphatic carbocycles. The fraction of sp³-hybridized carbons (Fsp3) is 0.571. The van der Waals surface area contributed by atoms with E-state index in [4.69, 9.17) is 0 Å². The molecule has 1 aromatic rings. The molecular weight excluding hydrogens is 300 g/mol. The van der Waals surface area contributed by atoms with E-state index >= 15 is 0 Å². The van der Waals surface area contributed by atoms with Crippen LogP contribution >= 0.6 is 15.9 Å². The van der Waals surface area contributed by atoms with Crippen LogP contribution < -0.4 is 0 Å². The summed E-state index contributed by atoms with van der Waals surface area (Å²) in [5.74, 6) is -0.739. The SMILES string of the molecule is CC1(C)CCN(Cc2cc(F)c(Br)cc2F)CC1. The van der Waals surface area contributed by atoms with Gasteiger partial charge in [-0.15, -0.1) is 0 Å². The molecule has 18 heavy (non-hydrogen) atoms. The molecule has 4 heteroatoms. The molecule has 0 aromatic heterocycles. The van der Waals surface area contributed by atoms with Gasteiger partial charge in [0, 0.05) is 12.1 Å². The lowest BCUT2D eigenvalue weighted by Gasteiger charge is -2.36. The summed E-state index contributed by atoms with van der Waals surface area (Å²) in [5, 5.41) is 0. The first-order chi connectivity index (χ1) is 8.37. The molecule has 1 nitrogen and oxygen atoms in total. The number of hydrogen-bond donors (Lipinski definition) is 0. The van der Waals surface area contributed by atoms with E-state index in [1.54, 1.807) is 0 Å². The quantitative estimate of drug-likeness (QED) is 0.733. The molecule has 1 aliphatic rings. The molecule has 1 heterocycles. The highest BCUT2D eigenvalue weighted by Crippen LogP contribution is 2.31. The lowest BCUT2D eigenvalue weighted by molar-refractivity contribution is 0.126. The molecular formula is C14H18BrF2N. The molecule has 1 fully saturated rings. The van der Waals surface area contributed by atoms with Gasteiger partial charge in [-0.2, -0.15) is 0 Å². The Morgan fingerprint density at radius 3 is 2.39 bits per heavy atom. The van der Waals surface area contributed by atoms with Crippen LogP contribution in [0.15, 0.2) is 16.6 Å². The predicted octanol–water partition coefficient (Wildman–Crippen LogP) is 4.35. The zero-order chi connectivity index (χ0) is 13.3. The van der Waals surface area contributed by atoms with E-state index < -0.39 is 5.82 Å². The lowest BCUT2D eigenvalue weighted by atomic mass is 9.82. The van der Waals surface area contributed by atoms with Crippen LogP contribution in [0.3, 0.4) is 0 Å².